The van der Waals surface area contributed by atoms with Crippen LogP contribution in [0.5, 0.6) is 0 Å². The van der Waals surface area contributed by atoms with Crippen molar-refractivity contribution in [2.45, 2.75) is 18.2 Å². The number of benzene rings is 2. The van der Waals surface area contributed by atoms with Crippen molar-refractivity contribution < 1.29 is 17.3 Å². The summed E-state index contributed by atoms with van der Waals surface area (Å²) in [5, 5.41) is 3.71. The lowest BCUT2D eigenvalue weighted by Crippen LogP contribution is -2.14. The average Bonchev–Trinajstić information content (AvgIpc) is 2.94. The van der Waals surface area contributed by atoms with Gasteiger partial charge in [0.15, 0.2) is 5.82 Å². The SMILES string of the molecule is Cc1noc(Cc2ccccc2NS(=O)(=O)c2ccc(F)cc2)n1. The fourth-order valence-corrected chi connectivity index (χ4v) is 3.27. The quantitative estimate of drug-likeness (QED) is 0.767. The van der Waals surface area contributed by atoms with Gasteiger partial charge in [0.05, 0.1) is 17.0 Å². The van der Waals surface area contributed by atoms with E-state index in [0.717, 1.165) is 12.1 Å². The van der Waals surface area contributed by atoms with Crippen molar-refractivity contribution in [2.24, 2.45) is 0 Å². The number of hydrogen-bond acceptors (Lipinski definition) is 5. The highest BCUT2D eigenvalue weighted by atomic mass is 32.2. The molecule has 0 atom stereocenters. The molecular weight excluding hydrogens is 333 g/mol. The smallest absolute Gasteiger partial charge is 0.261 e. The molecule has 0 spiro atoms. The van der Waals surface area contributed by atoms with Crippen molar-refractivity contribution in [2.75, 3.05) is 4.72 Å². The second kappa shape index (κ2) is 6.40. The summed E-state index contributed by atoms with van der Waals surface area (Å²) < 4.78 is 45.4. The summed E-state index contributed by atoms with van der Waals surface area (Å²) in [6, 6.07) is 11.5. The van der Waals surface area contributed by atoms with E-state index in [1.54, 1.807) is 31.2 Å². The number of para-hydroxylation sites is 1. The predicted octanol–water partition coefficient (Wildman–Crippen LogP) is 2.91. The fraction of sp³-hybridized carbons (Fsp3) is 0.125. The molecule has 124 valence electrons. The van der Waals surface area contributed by atoms with E-state index >= 15 is 0 Å². The molecule has 6 nitrogen and oxygen atoms in total. The minimum Gasteiger partial charge on any atom is -0.339 e. The molecule has 0 unspecified atom stereocenters. The molecule has 24 heavy (non-hydrogen) atoms. The average molecular weight is 347 g/mol. The van der Waals surface area contributed by atoms with Crippen LogP contribution in [-0.4, -0.2) is 18.6 Å². The van der Waals surface area contributed by atoms with E-state index < -0.39 is 15.8 Å². The predicted molar refractivity (Wildman–Crippen MR) is 85.5 cm³/mol. The number of halogens is 1. The summed E-state index contributed by atoms with van der Waals surface area (Å²) >= 11 is 0. The minimum absolute atomic E-state index is 0.0210. The van der Waals surface area contributed by atoms with Crippen molar-refractivity contribution in [3.8, 4) is 0 Å². The molecule has 0 bridgehead atoms. The van der Waals surface area contributed by atoms with E-state index in [2.05, 4.69) is 14.9 Å². The zero-order valence-electron chi connectivity index (χ0n) is 12.7. The molecule has 1 heterocycles. The molecule has 0 saturated carbocycles. The van der Waals surface area contributed by atoms with E-state index in [1.807, 2.05) is 0 Å². The summed E-state index contributed by atoms with van der Waals surface area (Å²) in [6.07, 6.45) is 0.295. The first-order valence-corrected chi connectivity index (χ1v) is 8.58. The van der Waals surface area contributed by atoms with Gasteiger partial charge in [-0.3, -0.25) is 4.72 Å². The Balaban J connectivity index is 1.88. The van der Waals surface area contributed by atoms with E-state index in [9.17, 15) is 12.8 Å². The van der Waals surface area contributed by atoms with Crippen molar-refractivity contribution >= 4 is 15.7 Å². The molecule has 2 aromatic carbocycles. The second-order valence-corrected chi connectivity index (χ2v) is 6.81. The van der Waals surface area contributed by atoms with Gasteiger partial charge in [0, 0.05) is 0 Å². The van der Waals surface area contributed by atoms with Crippen molar-refractivity contribution in [3.63, 3.8) is 0 Å². The zero-order chi connectivity index (χ0) is 17.2. The molecule has 3 aromatic rings. The van der Waals surface area contributed by atoms with Crippen LogP contribution in [0, 0.1) is 12.7 Å². The molecule has 1 aromatic heterocycles. The van der Waals surface area contributed by atoms with Crippen molar-refractivity contribution in [3.05, 3.63) is 71.6 Å². The van der Waals surface area contributed by atoms with Crippen LogP contribution in [0.2, 0.25) is 0 Å². The lowest BCUT2D eigenvalue weighted by atomic mass is 10.1. The number of aryl methyl sites for hydroxylation is 1. The van der Waals surface area contributed by atoms with Crippen LogP contribution in [0.3, 0.4) is 0 Å². The number of nitrogens with zero attached hydrogens (tertiary/aromatic N) is 2. The topological polar surface area (TPSA) is 85.1 Å². The summed E-state index contributed by atoms with van der Waals surface area (Å²) in [6.45, 7) is 1.70. The molecule has 0 radical (unpaired) electrons. The van der Waals surface area contributed by atoms with Crippen molar-refractivity contribution in [1.82, 2.24) is 10.1 Å². The Morgan fingerprint density at radius 3 is 2.50 bits per heavy atom. The first kappa shape index (κ1) is 16.1. The monoisotopic (exact) mass is 347 g/mol. The summed E-state index contributed by atoms with van der Waals surface area (Å²) in [5.74, 6) is 0.399. The lowest BCUT2D eigenvalue weighted by molar-refractivity contribution is 0.381. The Morgan fingerprint density at radius 2 is 1.83 bits per heavy atom. The molecule has 0 fully saturated rings. The van der Waals surface area contributed by atoms with Gasteiger partial charge in [-0.1, -0.05) is 23.4 Å². The van der Waals surface area contributed by atoms with Crippen LogP contribution in [0.25, 0.3) is 0 Å². The Morgan fingerprint density at radius 1 is 1.12 bits per heavy atom. The normalized spacial score (nSPS) is 11.4. The minimum atomic E-state index is -3.82. The first-order valence-electron chi connectivity index (χ1n) is 7.09. The maximum atomic E-state index is 13.0. The highest BCUT2D eigenvalue weighted by molar-refractivity contribution is 7.92. The van der Waals surface area contributed by atoms with Crippen LogP contribution in [0.4, 0.5) is 10.1 Å². The van der Waals surface area contributed by atoms with E-state index in [4.69, 9.17) is 4.52 Å². The third-order valence-electron chi connectivity index (χ3n) is 3.30. The number of rotatable bonds is 5. The Kier molecular flexibility index (Phi) is 4.30. The molecule has 0 aliphatic heterocycles. The fourth-order valence-electron chi connectivity index (χ4n) is 2.17. The molecule has 0 aliphatic carbocycles. The summed E-state index contributed by atoms with van der Waals surface area (Å²) in [4.78, 5) is 4.09. The maximum absolute atomic E-state index is 13.0. The van der Waals surface area contributed by atoms with Crippen LogP contribution >= 0.6 is 0 Å². The van der Waals surface area contributed by atoms with Crippen LogP contribution < -0.4 is 4.72 Å². The van der Waals surface area contributed by atoms with Gasteiger partial charge in [0.1, 0.15) is 5.82 Å². The molecule has 0 aliphatic rings. The van der Waals surface area contributed by atoms with Crippen molar-refractivity contribution in [1.29, 1.82) is 0 Å². The molecule has 0 amide bonds. The van der Waals surface area contributed by atoms with Crippen LogP contribution in [-0.2, 0) is 16.4 Å². The van der Waals surface area contributed by atoms with E-state index in [-0.39, 0.29) is 4.90 Å². The number of hydrogen-bond donors (Lipinski definition) is 1. The van der Waals surface area contributed by atoms with Gasteiger partial charge in [0.25, 0.3) is 10.0 Å². The number of anilines is 1. The zero-order valence-corrected chi connectivity index (χ0v) is 13.5. The number of nitrogens with one attached hydrogen (secondary N) is 1. The largest absolute Gasteiger partial charge is 0.339 e. The van der Waals surface area contributed by atoms with E-state index in [0.29, 0.717) is 29.4 Å². The Hall–Kier alpha value is -2.74. The molecule has 0 saturated heterocycles. The molecule has 1 N–H and O–H groups in total. The van der Waals surface area contributed by atoms with Gasteiger partial charge in [-0.25, -0.2) is 12.8 Å². The highest BCUT2D eigenvalue weighted by Crippen LogP contribution is 2.22. The van der Waals surface area contributed by atoms with E-state index in [1.165, 1.54) is 12.1 Å². The molecule has 8 heteroatoms. The second-order valence-electron chi connectivity index (χ2n) is 5.13. The standard InChI is InChI=1S/C16H14FN3O3S/c1-11-18-16(23-19-11)10-12-4-2-3-5-15(12)20-24(21,22)14-8-6-13(17)7-9-14/h2-9,20H,10H2,1H3. The molecule has 3 rings (SSSR count). The van der Waals surface area contributed by atoms with Gasteiger partial charge in [-0.15, -0.1) is 0 Å². The van der Waals surface area contributed by atoms with Crippen LogP contribution in [0.1, 0.15) is 17.3 Å². The van der Waals surface area contributed by atoms with Gasteiger partial charge < -0.3 is 4.52 Å². The van der Waals surface area contributed by atoms with Gasteiger partial charge >= 0.3 is 0 Å². The third kappa shape index (κ3) is 3.60. The van der Waals surface area contributed by atoms with Gasteiger partial charge in [-0.05, 0) is 42.8 Å². The lowest BCUT2D eigenvalue weighted by Gasteiger charge is -2.11. The number of sulfonamides is 1. The first-order chi connectivity index (χ1) is 11.4. The summed E-state index contributed by atoms with van der Waals surface area (Å²) in [5.41, 5.74) is 1.09. The number of aromatic nitrogens is 2. The highest BCUT2D eigenvalue weighted by Gasteiger charge is 2.17. The van der Waals surface area contributed by atoms with Gasteiger partial charge in [0.2, 0.25) is 5.89 Å². The third-order valence-corrected chi connectivity index (χ3v) is 4.68. The Bertz CT molecular complexity index is 953. The summed E-state index contributed by atoms with van der Waals surface area (Å²) in [7, 11) is -3.82. The van der Waals surface area contributed by atoms with Gasteiger partial charge in [-0.2, -0.15) is 4.98 Å². The van der Waals surface area contributed by atoms with Crippen LogP contribution in [0.15, 0.2) is 57.9 Å². The molecular formula is C16H14FN3O3S. The Labute approximate surface area is 138 Å². The maximum Gasteiger partial charge on any atom is 0.261 e.